The van der Waals surface area contributed by atoms with Gasteiger partial charge in [0.05, 0.1) is 18.1 Å². The monoisotopic (exact) mass is 164 g/mol. The first-order chi connectivity index (χ1) is 5.01. The number of aliphatic hydroxyl groups excluding tert-OH is 3. The average molecular weight is 164 g/mol. The Morgan fingerprint density at radius 3 is 1.73 bits per heavy atom. The molecule has 0 aromatic carbocycles. The molecular weight excluding hydrogens is 148 g/mol. The Kier molecular flexibility index (Phi) is 3.96. The highest BCUT2D eigenvalue weighted by Gasteiger charge is 2.39. The van der Waals surface area contributed by atoms with E-state index in [9.17, 15) is 0 Å². The van der Waals surface area contributed by atoms with Crippen LogP contribution in [0, 0.1) is 5.41 Å². The maximum absolute atomic E-state index is 9.15. The Morgan fingerprint density at radius 2 is 1.73 bits per heavy atom. The van der Waals surface area contributed by atoms with Gasteiger partial charge in [-0.15, -0.1) is 0 Å². The van der Waals surface area contributed by atoms with Crippen LogP contribution in [0.3, 0.4) is 0 Å². The van der Waals surface area contributed by atoms with Gasteiger partial charge in [0, 0.05) is 0 Å². The molecule has 0 bridgehead atoms. The van der Waals surface area contributed by atoms with E-state index < -0.39 is 24.4 Å². The fourth-order valence-electron chi connectivity index (χ4n) is 1.02. The van der Waals surface area contributed by atoms with Crippen LogP contribution in [-0.2, 0) is 0 Å². The lowest BCUT2D eigenvalue weighted by atomic mass is 9.80. The van der Waals surface area contributed by atoms with Crippen molar-refractivity contribution >= 4 is 0 Å². The van der Waals surface area contributed by atoms with Crippen LogP contribution in [0.25, 0.3) is 0 Å². The van der Waals surface area contributed by atoms with Gasteiger partial charge in [-0.1, -0.05) is 6.92 Å². The van der Waals surface area contributed by atoms with Gasteiger partial charge in [0.15, 0.2) is 6.29 Å². The molecule has 11 heavy (non-hydrogen) atoms. The zero-order valence-corrected chi connectivity index (χ0v) is 6.86. The molecule has 0 aromatic rings. The lowest BCUT2D eigenvalue weighted by molar-refractivity contribution is -0.191. The predicted molar refractivity (Wildman–Crippen MR) is 39.7 cm³/mol. The van der Waals surface area contributed by atoms with Gasteiger partial charge >= 0.3 is 0 Å². The van der Waals surface area contributed by atoms with Crippen LogP contribution >= 0.6 is 0 Å². The SMILES string of the molecule is CCC(CO)(C(C)O)C(O)O. The van der Waals surface area contributed by atoms with Gasteiger partial charge in [-0.2, -0.15) is 0 Å². The molecule has 0 fully saturated rings. The van der Waals surface area contributed by atoms with Crippen LogP contribution in [0.5, 0.6) is 0 Å². The Bertz CT molecular complexity index is 97.0. The third-order valence-electron chi connectivity index (χ3n) is 2.30. The van der Waals surface area contributed by atoms with Crippen molar-refractivity contribution in [2.75, 3.05) is 6.61 Å². The standard InChI is InChI=1S/C7H16O4/c1-3-7(4-8,5(2)9)6(10)11/h5-6,8-11H,3-4H2,1-2H3. The van der Waals surface area contributed by atoms with Crippen molar-refractivity contribution in [1.82, 2.24) is 0 Å². The summed E-state index contributed by atoms with van der Waals surface area (Å²) < 4.78 is 0. The summed E-state index contributed by atoms with van der Waals surface area (Å²) in [6, 6.07) is 0. The maximum atomic E-state index is 9.15. The fourth-order valence-corrected chi connectivity index (χ4v) is 1.02. The fraction of sp³-hybridized carbons (Fsp3) is 1.00. The van der Waals surface area contributed by atoms with Crippen LogP contribution < -0.4 is 0 Å². The molecule has 4 nitrogen and oxygen atoms in total. The molecular formula is C7H16O4. The molecule has 4 N–H and O–H groups in total. The molecule has 0 amide bonds. The summed E-state index contributed by atoms with van der Waals surface area (Å²) in [5.41, 5.74) is -1.19. The quantitative estimate of drug-likeness (QED) is 0.404. The van der Waals surface area contributed by atoms with Gasteiger partial charge in [0.1, 0.15) is 0 Å². The van der Waals surface area contributed by atoms with E-state index in [-0.39, 0.29) is 0 Å². The number of rotatable bonds is 4. The summed E-state index contributed by atoms with van der Waals surface area (Å²) in [4.78, 5) is 0. The highest BCUT2D eigenvalue weighted by molar-refractivity contribution is 4.84. The first kappa shape index (κ1) is 10.8. The van der Waals surface area contributed by atoms with Crippen LogP contribution in [0.15, 0.2) is 0 Å². The van der Waals surface area contributed by atoms with Gasteiger partial charge in [0.2, 0.25) is 0 Å². The van der Waals surface area contributed by atoms with Crippen molar-refractivity contribution in [3.05, 3.63) is 0 Å². The Morgan fingerprint density at radius 1 is 1.27 bits per heavy atom. The molecule has 4 heteroatoms. The van der Waals surface area contributed by atoms with Gasteiger partial charge < -0.3 is 20.4 Å². The molecule has 0 spiro atoms. The summed E-state index contributed by atoms with van der Waals surface area (Å²) in [7, 11) is 0. The first-order valence-corrected chi connectivity index (χ1v) is 3.66. The summed E-state index contributed by atoms with van der Waals surface area (Å²) in [5.74, 6) is 0. The van der Waals surface area contributed by atoms with Crippen molar-refractivity contribution in [1.29, 1.82) is 0 Å². The molecule has 0 radical (unpaired) electrons. The molecule has 2 unspecified atom stereocenters. The number of hydrogen-bond acceptors (Lipinski definition) is 4. The first-order valence-electron chi connectivity index (χ1n) is 3.66. The van der Waals surface area contributed by atoms with Crippen molar-refractivity contribution in [2.24, 2.45) is 5.41 Å². The zero-order valence-electron chi connectivity index (χ0n) is 6.86. The van der Waals surface area contributed by atoms with E-state index in [0.717, 1.165) is 0 Å². The van der Waals surface area contributed by atoms with Crippen molar-refractivity contribution < 1.29 is 20.4 Å². The average Bonchev–Trinajstić information content (AvgIpc) is 1.90. The molecule has 0 heterocycles. The second-order valence-electron chi connectivity index (χ2n) is 2.79. The minimum absolute atomic E-state index is 0.318. The highest BCUT2D eigenvalue weighted by Crippen LogP contribution is 2.28. The largest absolute Gasteiger partial charge is 0.395 e. The third kappa shape index (κ3) is 1.90. The molecule has 0 aliphatic rings. The molecule has 0 rings (SSSR count). The summed E-state index contributed by atoms with van der Waals surface area (Å²) in [6.45, 7) is 2.68. The van der Waals surface area contributed by atoms with Crippen molar-refractivity contribution in [3.63, 3.8) is 0 Å². The van der Waals surface area contributed by atoms with Gasteiger partial charge in [-0.25, -0.2) is 0 Å². The molecule has 0 aliphatic heterocycles. The summed E-state index contributed by atoms with van der Waals surface area (Å²) in [6.07, 6.45) is -2.30. The Labute approximate surface area is 66.1 Å². The minimum Gasteiger partial charge on any atom is -0.395 e. The van der Waals surface area contributed by atoms with E-state index in [0.29, 0.717) is 6.42 Å². The van der Waals surface area contributed by atoms with Crippen molar-refractivity contribution in [2.45, 2.75) is 32.7 Å². The highest BCUT2D eigenvalue weighted by atomic mass is 16.5. The van der Waals surface area contributed by atoms with E-state index in [2.05, 4.69) is 0 Å². The predicted octanol–water partition coefficient (Wildman–Crippen LogP) is -0.933. The molecule has 68 valence electrons. The number of hydrogen-bond donors (Lipinski definition) is 4. The van der Waals surface area contributed by atoms with Gasteiger partial charge in [-0.3, -0.25) is 0 Å². The smallest absolute Gasteiger partial charge is 0.161 e. The minimum atomic E-state index is -1.68. The Hall–Kier alpha value is -0.160. The molecule has 0 saturated heterocycles. The lowest BCUT2D eigenvalue weighted by Gasteiger charge is -2.34. The maximum Gasteiger partial charge on any atom is 0.161 e. The number of aliphatic hydroxyl groups is 4. The molecule has 0 saturated carbocycles. The second kappa shape index (κ2) is 4.01. The van der Waals surface area contributed by atoms with E-state index in [1.807, 2.05) is 0 Å². The topological polar surface area (TPSA) is 80.9 Å². The lowest BCUT2D eigenvalue weighted by Crippen LogP contribution is -2.46. The van der Waals surface area contributed by atoms with Crippen LogP contribution in [0.2, 0.25) is 0 Å². The van der Waals surface area contributed by atoms with E-state index in [1.54, 1.807) is 6.92 Å². The molecule has 0 aromatic heterocycles. The zero-order chi connectivity index (χ0) is 9.07. The van der Waals surface area contributed by atoms with Gasteiger partial charge in [-0.05, 0) is 13.3 Å². The Balaban J connectivity index is 4.46. The van der Waals surface area contributed by atoms with E-state index in [1.165, 1.54) is 6.92 Å². The molecule has 2 atom stereocenters. The summed E-state index contributed by atoms with van der Waals surface area (Å²) in [5, 5.41) is 35.7. The third-order valence-corrected chi connectivity index (χ3v) is 2.30. The normalized spacial score (nSPS) is 19.9. The van der Waals surface area contributed by atoms with Gasteiger partial charge in [0.25, 0.3) is 0 Å². The van der Waals surface area contributed by atoms with E-state index in [4.69, 9.17) is 20.4 Å². The van der Waals surface area contributed by atoms with Crippen LogP contribution in [0.1, 0.15) is 20.3 Å². The molecule has 0 aliphatic carbocycles. The van der Waals surface area contributed by atoms with Crippen LogP contribution in [-0.4, -0.2) is 39.4 Å². The summed E-state index contributed by atoms with van der Waals surface area (Å²) >= 11 is 0. The second-order valence-corrected chi connectivity index (χ2v) is 2.79. The van der Waals surface area contributed by atoms with E-state index >= 15 is 0 Å². The van der Waals surface area contributed by atoms with Crippen molar-refractivity contribution in [3.8, 4) is 0 Å². The van der Waals surface area contributed by atoms with Crippen LogP contribution in [0.4, 0.5) is 0 Å².